The SMILES string of the molecule is CCCNc1ccccc1C(=O)NOC. The molecule has 0 atom stereocenters. The van der Waals surface area contributed by atoms with Crippen molar-refractivity contribution in [2.24, 2.45) is 0 Å². The average Bonchev–Trinajstić information content (AvgIpc) is 2.27. The second-order valence-electron chi connectivity index (χ2n) is 3.11. The number of hydroxylamine groups is 1. The lowest BCUT2D eigenvalue weighted by atomic mass is 10.1. The average molecular weight is 208 g/mol. The van der Waals surface area contributed by atoms with Gasteiger partial charge in [0.15, 0.2) is 0 Å². The largest absolute Gasteiger partial charge is 0.384 e. The summed E-state index contributed by atoms with van der Waals surface area (Å²) in [6.07, 6.45) is 1.01. The number of nitrogens with one attached hydrogen (secondary N) is 2. The summed E-state index contributed by atoms with van der Waals surface area (Å²) in [6.45, 7) is 2.92. The summed E-state index contributed by atoms with van der Waals surface area (Å²) in [6, 6.07) is 7.34. The molecule has 0 heterocycles. The van der Waals surface area contributed by atoms with Crippen molar-refractivity contribution in [2.45, 2.75) is 13.3 Å². The standard InChI is InChI=1S/C11H16N2O2/c1-3-8-12-10-7-5-4-6-9(10)11(14)13-15-2/h4-7,12H,3,8H2,1-2H3,(H,13,14). The van der Waals surface area contributed by atoms with Crippen LogP contribution in [0.4, 0.5) is 5.69 Å². The number of carbonyl (C=O) groups is 1. The number of benzene rings is 1. The van der Waals surface area contributed by atoms with Crippen LogP contribution in [0.2, 0.25) is 0 Å². The molecule has 0 radical (unpaired) electrons. The van der Waals surface area contributed by atoms with Crippen LogP contribution in [0.15, 0.2) is 24.3 Å². The van der Waals surface area contributed by atoms with E-state index in [-0.39, 0.29) is 5.91 Å². The number of anilines is 1. The van der Waals surface area contributed by atoms with Crippen molar-refractivity contribution in [3.63, 3.8) is 0 Å². The lowest BCUT2D eigenvalue weighted by Gasteiger charge is -2.10. The topological polar surface area (TPSA) is 50.4 Å². The molecule has 0 spiro atoms. The fourth-order valence-corrected chi connectivity index (χ4v) is 1.24. The maximum Gasteiger partial charge on any atom is 0.276 e. The van der Waals surface area contributed by atoms with Crippen molar-refractivity contribution in [1.29, 1.82) is 0 Å². The fourth-order valence-electron chi connectivity index (χ4n) is 1.24. The lowest BCUT2D eigenvalue weighted by molar-refractivity contribution is 0.0538. The van der Waals surface area contributed by atoms with E-state index >= 15 is 0 Å². The van der Waals surface area contributed by atoms with E-state index in [2.05, 4.69) is 22.6 Å². The van der Waals surface area contributed by atoms with E-state index in [1.807, 2.05) is 18.2 Å². The van der Waals surface area contributed by atoms with E-state index in [1.54, 1.807) is 6.07 Å². The number of amides is 1. The highest BCUT2D eigenvalue weighted by atomic mass is 16.6. The molecule has 1 amide bonds. The van der Waals surface area contributed by atoms with Crippen molar-refractivity contribution in [1.82, 2.24) is 5.48 Å². The first-order valence-electron chi connectivity index (χ1n) is 4.95. The van der Waals surface area contributed by atoms with E-state index in [0.717, 1.165) is 18.7 Å². The molecule has 1 rings (SSSR count). The number of para-hydroxylation sites is 1. The number of hydrogen-bond acceptors (Lipinski definition) is 3. The van der Waals surface area contributed by atoms with Crippen LogP contribution in [0.3, 0.4) is 0 Å². The van der Waals surface area contributed by atoms with Crippen molar-refractivity contribution < 1.29 is 9.63 Å². The maximum absolute atomic E-state index is 11.6. The van der Waals surface area contributed by atoms with Gasteiger partial charge >= 0.3 is 0 Å². The van der Waals surface area contributed by atoms with Crippen LogP contribution in [0.25, 0.3) is 0 Å². The molecule has 0 aliphatic heterocycles. The Kier molecular flexibility index (Phi) is 4.63. The summed E-state index contributed by atoms with van der Waals surface area (Å²) >= 11 is 0. The Morgan fingerprint density at radius 2 is 2.13 bits per heavy atom. The van der Waals surface area contributed by atoms with Crippen molar-refractivity contribution in [3.8, 4) is 0 Å². The molecule has 0 aliphatic carbocycles. The predicted molar refractivity (Wildman–Crippen MR) is 59.7 cm³/mol. The van der Waals surface area contributed by atoms with Crippen LogP contribution in [0, 0.1) is 0 Å². The van der Waals surface area contributed by atoms with Crippen LogP contribution < -0.4 is 10.8 Å². The third kappa shape index (κ3) is 3.25. The first-order valence-corrected chi connectivity index (χ1v) is 4.95. The predicted octanol–water partition coefficient (Wildman–Crippen LogP) is 1.80. The van der Waals surface area contributed by atoms with Gasteiger partial charge in [0.25, 0.3) is 5.91 Å². The molecule has 0 bridgehead atoms. The van der Waals surface area contributed by atoms with E-state index in [9.17, 15) is 4.79 Å². The molecule has 82 valence electrons. The lowest BCUT2D eigenvalue weighted by Crippen LogP contribution is -2.23. The van der Waals surface area contributed by atoms with E-state index in [4.69, 9.17) is 0 Å². The minimum absolute atomic E-state index is 0.239. The van der Waals surface area contributed by atoms with E-state index in [0.29, 0.717) is 5.56 Å². The third-order valence-electron chi connectivity index (χ3n) is 1.93. The van der Waals surface area contributed by atoms with Gasteiger partial charge in [-0.05, 0) is 18.6 Å². The molecule has 2 N–H and O–H groups in total. The number of hydrogen-bond donors (Lipinski definition) is 2. The van der Waals surface area contributed by atoms with Gasteiger partial charge in [0.1, 0.15) is 0 Å². The monoisotopic (exact) mass is 208 g/mol. The summed E-state index contributed by atoms with van der Waals surface area (Å²) in [5.74, 6) is -0.239. The zero-order valence-corrected chi connectivity index (χ0v) is 9.04. The summed E-state index contributed by atoms with van der Waals surface area (Å²) < 4.78 is 0. The first-order chi connectivity index (χ1) is 7.29. The Bertz CT molecular complexity index is 326. The molecular weight excluding hydrogens is 192 g/mol. The van der Waals surface area contributed by atoms with Gasteiger partial charge in [-0.25, -0.2) is 5.48 Å². The van der Waals surface area contributed by atoms with Crippen LogP contribution >= 0.6 is 0 Å². The molecule has 4 heteroatoms. The van der Waals surface area contributed by atoms with Gasteiger partial charge in [0.05, 0.1) is 12.7 Å². The first kappa shape index (κ1) is 11.5. The molecule has 0 fully saturated rings. The molecule has 15 heavy (non-hydrogen) atoms. The Morgan fingerprint density at radius 3 is 2.80 bits per heavy atom. The quantitative estimate of drug-likeness (QED) is 0.725. The molecule has 4 nitrogen and oxygen atoms in total. The van der Waals surface area contributed by atoms with Gasteiger partial charge in [-0.1, -0.05) is 19.1 Å². The molecule has 0 unspecified atom stereocenters. The van der Waals surface area contributed by atoms with Crippen molar-refractivity contribution >= 4 is 11.6 Å². The fraction of sp³-hybridized carbons (Fsp3) is 0.364. The summed E-state index contributed by atoms with van der Waals surface area (Å²) in [5, 5.41) is 3.19. The van der Waals surface area contributed by atoms with Crippen LogP contribution in [-0.4, -0.2) is 19.6 Å². The third-order valence-corrected chi connectivity index (χ3v) is 1.93. The Morgan fingerprint density at radius 1 is 1.40 bits per heavy atom. The second-order valence-corrected chi connectivity index (χ2v) is 3.11. The highest BCUT2D eigenvalue weighted by Gasteiger charge is 2.09. The summed E-state index contributed by atoms with van der Waals surface area (Å²) in [4.78, 5) is 16.1. The molecule has 0 aromatic heterocycles. The Hall–Kier alpha value is -1.55. The number of carbonyl (C=O) groups excluding carboxylic acids is 1. The minimum atomic E-state index is -0.239. The van der Waals surface area contributed by atoms with Crippen molar-refractivity contribution in [2.75, 3.05) is 19.0 Å². The normalized spacial score (nSPS) is 9.73. The molecule has 1 aromatic rings. The number of rotatable bonds is 5. The smallest absolute Gasteiger partial charge is 0.276 e. The Labute approximate surface area is 89.6 Å². The Balaban J connectivity index is 2.80. The van der Waals surface area contributed by atoms with Crippen molar-refractivity contribution in [3.05, 3.63) is 29.8 Å². The minimum Gasteiger partial charge on any atom is -0.384 e. The molecule has 1 aromatic carbocycles. The summed E-state index contributed by atoms with van der Waals surface area (Å²) in [7, 11) is 1.42. The van der Waals surface area contributed by atoms with Crippen LogP contribution in [0.5, 0.6) is 0 Å². The highest BCUT2D eigenvalue weighted by molar-refractivity contribution is 5.98. The van der Waals surface area contributed by atoms with Crippen LogP contribution in [-0.2, 0) is 4.84 Å². The molecule has 0 saturated heterocycles. The van der Waals surface area contributed by atoms with Gasteiger partial charge in [-0.3, -0.25) is 9.63 Å². The zero-order chi connectivity index (χ0) is 11.1. The van der Waals surface area contributed by atoms with Gasteiger partial charge in [-0.2, -0.15) is 0 Å². The maximum atomic E-state index is 11.6. The van der Waals surface area contributed by atoms with Gasteiger partial charge in [-0.15, -0.1) is 0 Å². The molecule has 0 saturated carbocycles. The van der Waals surface area contributed by atoms with E-state index in [1.165, 1.54) is 7.11 Å². The molecule has 0 aliphatic rings. The molecular formula is C11H16N2O2. The van der Waals surface area contributed by atoms with E-state index < -0.39 is 0 Å². The highest BCUT2D eigenvalue weighted by Crippen LogP contribution is 2.14. The van der Waals surface area contributed by atoms with Crippen LogP contribution in [0.1, 0.15) is 23.7 Å². The van der Waals surface area contributed by atoms with Gasteiger partial charge in [0.2, 0.25) is 0 Å². The second kappa shape index (κ2) is 6.03. The zero-order valence-electron chi connectivity index (χ0n) is 9.04. The van der Waals surface area contributed by atoms with Gasteiger partial charge < -0.3 is 5.32 Å². The van der Waals surface area contributed by atoms with Gasteiger partial charge in [0, 0.05) is 12.2 Å². The summed E-state index contributed by atoms with van der Waals surface area (Å²) in [5.41, 5.74) is 3.72.